The lowest BCUT2D eigenvalue weighted by Crippen LogP contribution is -2.26. The van der Waals surface area contributed by atoms with Gasteiger partial charge in [0.05, 0.1) is 23.3 Å². The lowest BCUT2D eigenvalue weighted by molar-refractivity contribution is 0.0779. The van der Waals surface area contributed by atoms with Crippen LogP contribution in [0.1, 0.15) is 33.1 Å². The van der Waals surface area contributed by atoms with Gasteiger partial charge in [-0.2, -0.15) is 5.10 Å². The van der Waals surface area contributed by atoms with Gasteiger partial charge in [0.15, 0.2) is 0 Å². The van der Waals surface area contributed by atoms with E-state index in [0.29, 0.717) is 18.8 Å². The summed E-state index contributed by atoms with van der Waals surface area (Å²) in [5, 5.41) is 7.22. The van der Waals surface area contributed by atoms with E-state index in [9.17, 15) is 4.79 Å². The number of nitrogens with one attached hydrogen (secondary N) is 1. The second-order valence-corrected chi connectivity index (χ2v) is 6.98. The van der Waals surface area contributed by atoms with Crippen molar-refractivity contribution in [3.63, 3.8) is 0 Å². The largest absolute Gasteiger partial charge is 0.336 e. The number of H-pyrrole nitrogens is 1. The van der Waals surface area contributed by atoms with Gasteiger partial charge in [0.25, 0.3) is 5.91 Å². The number of benzene rings is 1. The minimum atomic E-state index is -0.120. The van der Waals surface area contributed by atoms with Crippen LogP contribution in [-0.2, 0) is 13.1 Å². The van der Waals surface area contributed by atoms with E-state index >= 15 is 0 Å². The van der Waals surface area contributed by atoms with Crippen molar-refractivity contribution in [3.8, 4) is 0 Å². The fourth-order valence-corrected chi connectivity index (χ4v) is 3.32. The molecule has 7 heteroatoms. The number of carbonyl (C=O) groups is 1. The first-order chi connectivity index (χ1) is 13.5. The Morgan fingerprint density at radius 3 is 2.86 bits per heavy atom. The lowest BCUT2D eigenvalue weighted by Gasteiger charge is -2.17. The number of para-hydroxylation sites is 2. The fourth-order valence-electron chi connectivity index (χ4n) is 3.32. The molecule has 1 amide bonds. The van der Waals surface area contributed by atoms with Crippen molar-refractivity contribution in [3.05, 3.63) is 77.1 Å². The van der Waals surface area contributed by atoms with Gasteiger partial charge in [-0.3, -0.25) is 14.9 Å². The van der Waals surface area contributed by atoms with Crippen LogP contribution in [-0.4, -0.2) is 42.6 Å². The highest BCUT2D eigenvalue weighted by molar-refractivity contribution is 5.92. The number of hydrogen-bond donors (Lipinski definition) is 1. The SMILES string of the molecule is Cc1cnccc1CN(C)C(=O)c1cc(Cn2c(C)nc3ccccc32)[nH]n1. The number of hydrogen-bond acceptors (Lipinski definition) is 4. The molecular formula is C21H22N6O. The quantitative estimate of drug-likeness (QED) is 0.582. The van der Waals surface area contributed by atoms with Crippen LogP contribution in [0.5, 0.6) is 0 Å². The molecule has 0 saturated carbocycles. The molecule has 0 bridgehead atoms. The number of amides is 1. The van der Waals surface area contributed by atoms with E-state index in [1.807, 2.05) is 50.2 Å². The van der Waals surface area contributed by atoms with Crippen molar-refractivity contribution in [1.29, 1.82) is 0 Å². The maximum atomic E-state index is 12.8. The second kappa shape index (κ2) is 7.26. The summed E-state index contributed by atoms with van der Waals surface area (Å²) in [7, 11) is 1.78. The van der Waals surface area contributed by atoms with Crippen molar-refractivity contribution in [2.45, 2.75) is 26.9 Å². The number of aromatic amines is 1. The van der Waals surface area contributed by atoms with Crippen molar-refractivity contribution < 1.29 is 4.79 Å². The normalized spacial score (nSPS) is 11.1. The first-order valence-electron chi connectivity index (χ1n) is 9.14. The Labute approximate surface area is 163 Å². The van der Waals surface area contributed by atoms with Crippen LogP contribution >= 0.6 is 0 Å². The van der Waals surface area contributed by atoms with Crippen LogP contribution in [0.3, 0.4) is 0 Å². The second-order valence-electron chi connectivity index (χ2n) is 6.98. The summed E-state index contributed by atoms with van der Waals surface area (Å²) in [6.45, 7) is 5.07. The number of fused-ring (bicyclic) bond motifs is 1. The van der Waals surface area contributed by atoms with Gasteiger partial charge >= 0.3 is 0 Å². The van der Waals surface area contributed by atoms with E-state index in [4.69, 9.17) is 0 Å². The highest BCUT2D eigenvalue weighted by Gasteiger charge is 2.17. The molecule has 3 aromatic heterocycles. The van der Waals surface area contributed by atoms with Crippen molar-refractivity contribution in [2.24, 2.45) is 0 Å². The average Bonchev–Trinajstić information content (AvgIpc) is 3.28. The van der Waals surface area contributed by atoms with E-state index in [2.05, 4.69) is 24.7 Å². The first kappa shape index (κ1) is 17.9. The number of aryl methyl sites for hydroxylation is 2. The van der Waals surface area contributed by atoms with Crippen LogP contribution in [0, 0.1) is 13.8 Å². The summed E-state index contributed by atoms with van der Waals surface area (Å²) in [5.74, 6) is 0.805. The fraction of sp³-hybridized carbons (Fsp3) is 0.238. The zero-order chi connectivity index (χ0) is 19.7. The van der Waals surface area contributed by atoms with Crippen molar-refractivity contribution in [2.75, 3.05) is 7.05 Å². The number of rotatable bonds is 5. The average molecular weight is 374 g/mol. The molecule has 0 unspecified atom stereocenters. The van der Waals surface area contributed by atoms with E-state index in [0.717, 1.165) is 33.7 Å². The van der Waals surface area contributed by atoms with Crippen molar-refractivity contribution in [1.82, 2.24) is 29.6 Å². The highest BCUT2D eigenvalue weighted by atomic mass is 16.2. The summed E-state index contributed by atoms with van der Waals surface area (Å²) in [4.78, 5) is 23.1. The molecule has 4 rings (SSSR count). The molecule has 0 fully saturated rings. The molecule has 4 aromatic rings. The van der Waals surface area contributed by atoms with Gasteiger partial charge in [-0.15, -0.1) is 0 Å². The molecule has 0 spiro atoms. The van der Waals surface area contributed by atoms with Gasteiger partial charge in [0.1, 0.15) is 11.5 Å². The summed E-state index contributed by atoms with van der Waals surface area (Å²) >= 11 is 0. The van der Waals surface area contributed by atoms with Crippen LogP contribution in [0.4, 0.5) is 0 Å². The third kappa shape index (κ3) is 3.38. The van der Waals surface area contributed by atoms with Crippen LogP contribution in [0.2, 0.25) is 0 Å². The van der Waals surface area contributed by atoms with E-state index in [-0.39, 0.29) is 5.91 Å². The lowest BCUT2D eigenvalue weighted by atomic mass is 10.1. The van der Waals surface area contributed by atoms with Gasteiger partial charge in [0.2, 0.25) is 0 Å². The van der Waals surface area contributed by atoms with Gasteiger partial charge in [-0.25, -0.2) is 4.98 Å². The van der Waals surface area contributed by atoms with E-state index < -0.39 is 0 Å². The third-order valence-electron chi connectivity index (χ3n) is 4.91. The molecule has 0 atom stereocenters. The molecule has 3 heterocycles. The van der Waals surface area contributed by atoms with Crippen LogP contribution in [0.25, 0.3) is 11.0 Å². The van der Waals surface area contributed by atoms with Crippen LogP contribution < -0.4 is 0 Å². The minimum Gasteiger partial charge on any atom is -0.336 e. The highest BCUT2D eigenvalue weighted by Crippen LogP contribution is 2.17. The Balaban J connectivity index is 1.51. The standard InChI is InChI=1S/C21H22N6O/c1-14-11-22-9-8-16(14)12-26(3)21(28)19-10-17(24-25-19)13-27-15(2)23-18-6-4-5-7-20(18)27/h4-11H,12-13H2,1-3H3,(H,24,25). The topological polar surface area (TPSA) is 79.7 Å². The number of carbonyl (C=O) groups excluding carboxylic acids is 1. The first-order valence-corrected chi connectivity index (χ1v) is 9.14. The Bertz CT molecular complexity index is 1140. The Morgan fingerprint density at radius 2 is 2.04 bits per heavy atom. The molecule has 0 radical (unpaired) electrons. The smallest absolute Gasteiger partial charge is 0.274 e. The molecule has 0 aliphatic carbocycles. The van der Waals surface area contributed by atoms with Crippen molar-refractivity contribution >= 4 is 16.9 Å². The summed E-state index contributed by atoms with van der Waals surface area (Å²) in [5.41, 5.74) is 5.43. The van der Waals surface area contributed by atoms with Gasteiger partial charge in [-0.1, -0.05) is 12.1 Å². The molecular weight excluding hydrogens is 352 g/mol. The molecule has 142 valence electrons. The predicted octanol–water partition coefficient (Wildman–Crippen LogP) is 3.09. The Kier molecular flexibility index (Phi) is 4.65. The maximum absolute atomic E-state index is 12.8. The van der Waals surface area contributed by atoms with E-state index in [1.165, 1.54) is 0 Å². The third-order valence-corrected chi connectivity index (χ3v) is 4.91. The van der Waals surface area contributed by atoms with Gasteiger partial charge in [0, 0.05) is 26.0 Å². The molecule has 1 N–H and O–H groups in total. The number of aromatic nitrogens is 5. The summed E-state index contributed by atoms with van der Waals surface area (Å²) in [6.07, 6.45) is 3.54. The zero-order valence-corrected chi connectivity index (χ0v) is 16.2. The zero-order valence-electron chi connectivity index (χ0n) is 16.2. The monoisotopic (exact) mass is 374 g/mol. The predicted molar refractivity (Wildman–Crippen MR) is 107 cm³/mol. The number of imidazole rings is 1. The Hall–Kier alpha value is -3.48. The molecule has 0 saturated heterocycles. The molecule has 0 aliphatic rings. The maximum Gasteiger partial charge on any atom is 0.274 e. The molecule has 28 heavy (non-hydrogen) atoms. The summed E-state index contributed by atoms with van der Waals surface area (Å²) < 4.78 is 2.11. The van der Waals surface area contributed by atoms with Crippen LogP contribution in [0.15, 0.2) is 48.8 Å². The number of pyridine rings is 1. The van der Waals surface area contributed by atoms with Gasteiger partial charge < -0.3 is 9.47 Å². The molecule has 7 nitrogen and oxygen atoms in total. The van der Waals surface area contributed by atoms with E-state index in [1.54, 1.807) is 24.3 Å². The summed E-state index contributed by atoms with van der Waals surface area (Å²) in [6, 6.07) is 11.8. The molecule has 0 aliphatic heterocycles. The Morgan fingerprint density at radius 1 is 1.21 bits per heavy atom. The molecule has 1 aromatic carbocycles. The minimum absolute atomic E-state index is 0.120. The van der Waals surface area contributed by atoms with Gasteiger partial charge in [-0.05, 0) is 49.2 Å². The number of nitrogens with zero attached hydrogens (tertiary/aromatic N) is 5.